The van der Waals surface area contributed by atoms with Crippen LogP contribution in [-0.4, -0.2) is 60.8 Å². The standard InChI is InChI=1S/C15H19ClN2O5S/c1-17(24(22,23)12-7-5-11(16)6-8-12)10-14(19)18-9-3-2-4-13(18)15(20)21/h5-8,13H,2-4,9-10H2,1H3,(H,20,21)/t13-/m1/s1. The second kappa shape index (κ2) is 7.50. The number of sulfonamides is 1. The molecule has 1 saturated heterocycles. The zero-order valence-electron chi connectivity index (χ0n) is 13.2. The van der Waals surface area contributed by atoms with Crippen molar-refractivity contribution < 1.29 is 23.1 Å². The highest BCUT2D eigenvalue weighted by Gasteiger charge is 2.33. The number of carbonyl (C=O) groups excluding carboxylic acids is 1. The van der Waals surface area contributed by atoms with E-state index in [0.29, 0.717) is 24.4 Å². The van der Waals surface area contributed by atoms with Gasteiger partial charge in [0.05, 0.1) is 11.4 Å². The summed E-state index contributed by atoms with van der Waals surface area (Å²) in [6, 6.07) is 4.74. The number of carbonyl (C=O) groups is 2. The van der Waals surface area contributed by atoms with Crippen molar-refractivity contribution in [2.75, 3.05) is 20.1 Å². The van der Waals surface area contributed by atoms with E-state index >= 15 is 0 Å². The van der Waals surface area contributed by atoms with Gasteiger partial charge in [-0.25, -0.2) is 13.2 Å². The van der Waals surface area contributed by atoms with E-state index < -0.39 is 34.5 Å². The molecule has 1 N–H and O–H groups in total. The summed E-state index contributed by atoms with van der Waals surface area (Å²) in [5, 5.41) is 9.62. The number of halogens is 1. The highest BCUT2D eigenvalue weighted by molar-refractivity contribution is 7.89. The third-order valence-corrected chi connectivity index (χ3v) is 6.06. The van der Waals surface area contributed by atoms with Crippen LogP contribution in [0.2, 0.25) is 5.02 Å². The Balaban J connectivity index is 2.12. The zero-order chi connectivity index (χ0) is 17.9. The third kappa shape index (κ3) is 4.06. The van der Waals surface area contributed by atoms with E-state index in [2.05, 4.69) is 0 Å². The first-order valence-electron chi connectivity index (χ1n) is 7.47. The fourth-order valence-electron chi connectivity index (χ4n) is 2.64. The van der Waals surface area contributed by atoms with Crippen LogP contribution in [0.5, 0.6) is 0 Å². The number of carboxylic acid groups (broad SMARTS) is 1. The van der Waals surface area contributed by atoms with Crippen molar-refractivity contribution >= 4 is 33.5 Å². The van der Waals surface area contributed by atoms with Crippen molar-refractivity contribution in [1.82, 2.24) is 9.21 Å². The molecule has 1 heterocycles. The molecule has 0 saturated carbocycles. The minimum atomic E-state index is -3.85. The van der Waals surface area contributed by atoms with Gasteiger partial charge in [-0.15, -0.1) is 0 Å². The zero-order valence-corrected chi connectivity index (χ0v) is 14.8. The fraction of sp³-hybridized carbons (Fsp3) is 0.467. The van der Waals surface area contributed by atoms with E-state index in [1.807, 2.05) is 0 Å². The monoisotopic (exact) mass is 374 g/mol. The Labute approximate surface area is 145 Å². The number of benzene rings is 1. The number of carboxylic acids is 1. The van der Waals surface area contributed by atoms with Gasteiger partial charge in [-0.3, -0.25) is 4.79 Å². The normalized spacial score (nSPS) is 18.6. The molecule has 0 bridgehead atoms. The summed E-state index contributed by atoms with van der Waals surface area (Å²) in [6.07, 6.45) is 1.83. The van der Waals surface area contributed by atoms with Crippen LogP contribution >= 0.6 is 11.6 Å². The average molecular weight is 375 g/mol. The molecule has 1 aromatic carbocycles. The summed E-state index contributed by atoms with van der Waals surface area (Å²) in [6.45, 7) is -0.0840. The predicted octanol–water partition coefficient (Wildman–Crippen LogP) is 1.43. The second-order valence-corrected chi connectivity index (χ2v) is 8.13. The molecule has 1 aliphatic heterocycles. The Bertz CT molecular complexity index is 720. The first-order chi connectivity index (χ1) is 11.2. The maximum absolute atomic E-state index is 12.5. The van der Waals surface area contributed by atoms with Gasteiger partial charge in [-0.05, 0) is 43.5 Å². The summed E-state index contributed by atoms with van der Waals surface area (Å²) in [5.41, 5.74) is 0. The van der Waals surface area contributed by atoms with Gasteiger partial charge in [0.15, 0.2) is 0 Å². The quantitative estimate of drug-likeness (QED) is 0.841. The summed E-state index contributed by atoms with van der Waals surface area (Å²) >= 11 is 5.75. The SMILES string of the molecule is CN(CC(=O)N1CCCC[C@@H]1C(=O)O)S(=O)(=O)c1ccc(Cl)cc1. The molecule has 0 spiro atoms. The molecule has 1 fully saturated rings. The van der Waals surface area contributed by atoms with E-state index in [1.54, 1.807) is 0 Å². The molecule has 2 rings (SSSR count). The topological polar surface area (TPSA) is 95.0 Å². The van der Waals surface area contributed by atoms with Crippen LogP contribution in [-0.2, 0) is 19.6 Å². The first-order valence-corrected chi connectivity index (χ1v) is 9.29. The molecule has 0 unspecified atom stereocenters. The number of aliphatic carboxylic acids is 1. The van der Waals surface area contributed by atoms with Crippen LogP contribution in [0.4, 0.5) is 0 Å². The van der Waals surface area contributed by atoms with Crippen molar-refractivity contribution in [1.29, 1.82) is 0 Å². The average Bonchev–Trinajstić information content (AvgIpc) is 2.55. The molecule has 0 radical (unpaired) electrons. The van der Waals surface area contributed by atoms with Gasteiger partial charge in [0.1, 0.15) is 6.04 Å². The molecule has 9 heteroatoms. The highest BCUT2D eigenvalue weighted by Crippen LogP contribution is 2.20. The molecule has 24 heavy (non-hydrogen) atoms. The summed E-state index contributed by atoms with van der Waals surface area (Å²) in [5.74, 6) is -1.58. The van der Waals surface area contributed by atoms with Gasteiger partial charge in [0.25, 0.3) is 0 Å². The van der Waals surface area contributed by atoms with Crippen LogP contribution in [0.25, 0.3) is 0 Å². The molecule has 132 valence electrons. The summed E-state index contributed by atoms with van der Waals surface area (Å²) in [7, 11) is -2.55. The van der Waals surface area contributed by atoms with Crippen molar-refractivity contribution in [3.8, 4) is 0 Å². The van der Waals surface area contributed by atoms with E-state index in [0.717, 1.165) is 10.7 Å². The maximum atomic E-state index is 12.5. The minimum Gasteiger partial charge on any atom is -0.480 e. The Morgan fingerprint density at radius 3 is 2.50 bits per heavy atom. The fourth-order valence-corrected chi connectivity index (χ4v) is 3.89. The van der Waals surface area contributed by atoms with Crippen molar-refractivity contribution in [3.63, 3.8) is 0 Å². The van der Waals surface area contributed by atoms with Crippen LogP contribution in [0.1, 0.15) is 19.3 Å². The number of amides is 1. The van der Waals surface area contributed by atoms with E-state index in [9.17, 15) is 23.1 Å². The second-order valence-electron chi connectivity index (χ2n) is 5.65. The largest absolute Gasteiger partial charge is 0.480 e. The minimum absolute atomic E-state index is 0.0237. The molecule has 1 amide bonds. The van der Waals surface area contributed by atoms with Crippen molar-refractivity contribution in [2.24, 2.45) is 0 Å². The lowest BCUT2D eigenvalue weighted by Crippen LogP contribution is -2.51. The molecule has 1 aliphatic rings. The Morgan fingerprint density at radius 1 is 1.29 bits per heavy atom. The van der Waals surface area contributed by atoms with Crippen molar-refractivity contribution in [2.45, 2.75) is 30.2 Å². The molecule has 0 aromatic heterocycles. The number of rotatable bonds is 5. The Hall–Kier alpha value is -1.64. The number of likely N-dealkylation sites (tertiary alicyclic amines) is 1. The molecule has 0 aliphatic carbocycles. The van der Waals surface area contributed by atoms with Gasteiger partial charge in [-0.1, -0.05) is 11.6 Å². The van der Waals surface area contributed by atoms with Crippen LogP contribution in [0.3, 0.4) is 0 Å². The van der Waals surface area contributed by atoms with Crippen LogP contribution in [0.15, 0.2) is 29.2 Å². The lowest BCUT2D eigenvalue weighted by Gasteiger charge is -2.33. The smallest absolute Gasteiger partial charge is 0.326 e. The molecule has 1 atom stereocenters. The highest BCUT2D eigenvalue weighted by atomic mass is 35.5. The number of likely N-dealkylation sites (N-methyl/N-ethyl adjacent to an activating group) is 1. The molecule has 7 nitrogen and oxygen atoms in total. The molecule has 1 aromatic rings. The van der Waals surface area contributed by atoms with Gasteiger partial charge < -0.3 is 10.0 Å². The van der Waals surface area contributed by atoms with E-state index in [1.165, 1.54) is 36.2 Å². The summed E-state index contributed by atoms with van der Waals surface area (Å²) in [4.78, 5) is 24.9. The van der Waals surface area contributed by atoms with Gasteiger partial charge >= 0.3 is 5.97 Å². The lowest BCUT2D eigenvalue weighted by atomic mass is 10.0. The van der Waals surface area contributed by atoms with Crippen LogP contribution in [0, 0.1) is 0 Å². The maximum Gasteiger partial charge on any atom is 0.326 e. The molecular formula is C15H19ClN2O5S. The number of hydrogen-bond donors (Lipinski definition) is 1. The third-order valence-electron chi connectivity index (χ3n) is 3.99. The Kier molecular flexibility index (Phi) is 5.84. The predicted molar refractivity (Wildman–Crippen MR) is 88.3 cm³/mol. The van der Waals surface area contributed by atoms with Gasteiger partial charge in [0, 0.05) is 18.6 Å². The number of hydrogen-bond acceptors (Lipinski definition) is 4. The van der Waals surface area contributed by atoms with Gasteiger partial charge in [0.2, 0.25) is 15.9 Å². The molecular weight excluding hydrogens is 356 g/mol. The van der Waals surface area contributed by atoms with E-state index in [4.69, 9.17) is 11.6 Å². The van der Waals surface area contributed by atoms with Crippen LogP contribution < -0.4 is 0 Å². The first kappa shape index (κ1) is 18.7. The Morgan fingerprint density at radius 2 is 1.92 bits per heavy atom. The summed E-state index contributed by atoms with van der Waals surface area (Å²) < 4.78 is 25.9. The van der Waals surface area contributed by atoms with Crippen molar-refractivity contribution in [3.05, 3.63) is 29.3 Å². The number of piperidine rings is 1. The van der Waals surface area contributed by atoms with Gasteiger partial charge in [-0.2, -0.15) is 4.31 Å². The lowest BCUT2D eigenvalue weighted by molar-refractivity contribution is -0.152. The van der Waals surface area contributed by atoms with E-state index in [-0.39, 0.29) is 4.90 Å². The number of nitrogens with zero attached hydrogens (tertiary/aromatic N) is 2.